The van der Waals surface area contributed by atoms with Crippen LogP contribution in [0.3, 0.4) is 0 Å². The Kier molecular flexibility index (Phi) is 3.38. The van der Waals surface area contributed by atoms with Crippen molar-refractivity contribution in [1.29, 1.82) is 0 Å². The molecule has 1 aromatic carbocycles. The summed E-state index contributed by atoms with van der Waals surface area (Å²) in [5.74, 6) is -1.19. The van der Waals surface area contributed by atoms with Crippen LogP contribution in [-0.2, 0) is 4.79 Å². The van der Waals surface area contributed by atoms with Gasteiger partial charge >= 0.3 is 11.9 Å². The van der Waals surface area contributed by atoms with Crippen LogP contribution in [0.25, 0.3) is 11.5 Å². The summed E-state index contributed by atoms with van der Waals surface area (Å²) in [7, 11) is 0. The summed E-state index contributed by atoms with van der Waals surface area (Å²) in [6.45, 7) is -0.382. The predicted molar refractivity (Wildman–Crippen MR) is 63.7 cm³/mol. The number of aromatic hydroxyl groups is 1. The number of aromatic nitrogens is 1. The second-order valence-electron chi connectivity index (χ2n) is 3.44. The van der Waals surface area contributed by atoms with Crippen LogP contribution in [-0.4, -0.2) is 33.9 Å². The van der Waals surface area contributed by atoms with Gasteiger partial charge < -0.3 is 14.6 Å². The molecule has 0 radical (unpaired) electrons. The molecule has 2 N–H and O–H groups in total. The zero-order valence-electron chi connectivity index (χ0n) is 9.28. The van der Waals surface area contributed by atoms with Crippen molar-refractivity contribution in [3.8, 4) is 17.4 Å². The van der Waals surface area contributed by atoms with Crippen molar-refractivity contribution >= 4 is 12.2 Å². The Labute approximate surface area is 102 Å². The second kappa shape index (κ2) is 5.13. The molecule has 0 amide bonds. The van der Waals surface area contributed by atoms with Crippen molar-refractivity contribution in [3.63, 3.8) is 0 Å². The summed E-state index contributed by atoms with van der Waals surface area (Å²) in [4.78, 5) is 17.9. The Balaban J connectivity index is 2.22. The number of hydrogen-bond acceptors (Lipinski definition) is 5. The third-order valence-corrected chi connectivity index (χ3v) is 2.10. The summed E-state index contributed by atoms with van der Waals surface area (Å²) < 4.78 is 5.06. The van der Waals surface area contributed by atoms with E-state index in [0.29, 0.717) is 5.56 Å². The molecule has 0 fully saturated rings. The van der Waals surface area contributed by atoms with Crippen molar-refractivity contribution in [3.05, 3.63) is 36.0 Å². The molecule has 2 rings (SSSR count). The van der Waals surface area contributed by atoms with E-state index in [1.54, 1.807) is 12.1 Å². The number of carbonyl (C=O) groups is 1. The first-order valence-electron chi connectivity index (χ1n) is 5.13. The smallest absolute Gasteiger partial charge is 0.325 e. The molecule has 1 aromatic heterocycles. The van der Waals surface area contributed by atoms with E-state index in [4.69, 9.17) is 9.52 Å². The van der Waals surface area contributed by atoms with Crippen molar-refractivity contribution in [2.75, 3.05) is 6.54 Å². The molecular formula is C12H10N2O4. The standard InChI is InChI=1S/C12H10N2O4/c15-10(16)7-13-6-9-12(17)18-11(14-9)8-4-2-1-3-5-8/h1-6,17H,7H2,(H,15,16). The molecular weight excluding hydrogens is 236 g/mol. The topological polar surface area (TPSA) is 95.9 Å². The van der Waals surface area contributed by atoms with Crippen LogP contribution in [0.5, 0.6) is 5.95 Å². The normalized spacial score (nSPS) is 10.9. The number of benzene rings is 1. The van der Waals surface area contributed by atoms with Crippen molar-refractivity contribution < 1.29 is 19.4 Å². The lowest BCUT2D eigenvalue weighted by Gasteiger charge is -1.91. The molecule has 0 atom stereocenters. The molecule has 0 saturated carbocycles. The quantitative estimate of drug-likeness (QED) is 0.798. The van der Waals surface area contributed by atoms with Gasteiger partial charge in [0.1, 0.15) is 6.54 Å². The Morgan fingerprint density at radius 3 is 2.78 bits per heavy atom. The van der Waals surface area contributed by atoms with Gasteiger partial charge in [0.2, 0.25) is 5.89 Å². The fourth-order valence-electron chi connectivity index (χ4n) is 1.32. The number of carboxylic acid groups (broad SMARTS) is 1. The number of hydrogen-bond donors (Lipinski definition) is 2. The number of oxazole rings is 1. The van der Waals surface area contributed by atoms with Crippen molar-refractivity contribution in [2.24, 2.45) is 4.99 Å². The highest BCUT2D eigenvalue weighted by atomic mass is 16.5. The molecule has 1 heterocycles. The highest BCUT2D eigenvalue weighted by Gasteiger charge is 2.11. The third-order valence-electron chi connectivity index (χ3n) is 2.10. The number of aliphatic imine (C=N–C) groups is 1. The van der Waals surface area contributed by atoms with Crippen molar-refractivity contribution in [1.82, 2.24) is 4.98 Å². The number of aliphatic carboxylic acids is 1. The minimum absolute atomic E-state index is 0.107. The summed E-state index contributed by atoms with van der Waals surface area (Å²) in [6.07, 6.45) is 1.17. The van der Waals surface area contributed by atoms with E-state index in [0.717, 1.165) is 0 Å². The molecule has 18 heavy (non-hydrogen) atoms. The lowest BCUT2D eigenvalue weighted by Crippen LogP contribution is -1.99. The molecule has 92 valence electrons. The number of carboxylic acids is 1. The van der Waals surface area contributed by atoms with Gasteiger partial charge in [-0.05, 0) is 12.1 Å². The van der Waals surface area contributed by atoms with E-state index in [9.17, 15) is 9.90 Å². The number of rotatable bonds is 4. The van der Waals surface area contributed by atoms with Crippen LogP contribution in [0.4, 0.5) is 0 Å². The zero-order valence-corrected chi connectivity index (χ0v) is 9.28. The van der Waals surface area contributed by atoms with Gasteiger partial charge in [-0.1, -0.05) is 18.2 Å². The van der Waals surface area contributed by atoms with E-state index >= 15 is 0 Å². The average Bonchev–Trinajstić information content (AvgIpc) is 2.72. The Bertz CT molecular complexity index is 575. The van der Waals surface area contributed by atoms with Gasteiger partial charge in [-0.25, -0.2) is 4.98 Å². The average molecular weight is 246 g/mol. The van der Waals surface area contributed by atoms with Crippen LogP contribution >= 0.6 is 0 Å². The molecule has 0 aliphatic heterocycles. The molecule has 0 saturated heterocycles. The van der Waals surface area contributed by atoms with Gasteiger partial charge in [-0.2, -0.15) is 0 Å². The first-order chi connectivity index (χ1) is 8.66. The maximum Gasteiger partial charge on any atom is 0.325 e. The van der Waals surface area contributed by atoms with E-state index in [-0.39, 0.29) is 24.1 Å². The van der Waals surface area contributed by atoms with Crippen molar-refractivity contribution in [2.45, 2.75) is 0 Å². The fraction of sp³-hybridized carbons (Fsp3) is 0.0833. The largest absolute Gasteiger partial charge is 0.480 e. The SMILES string of the molecule is O=C(O)CN=Cc1nc(-c2ccccc2)oc1O. The Morgan fingerprint density at radius 1 is 1.39 bits per heavy atom. The van der Waals surface area contributed by atoms with Crippen LogP contribution in [0.15, 0.2) is 39.7 Å². The summed E-state index contributed by atoms with van der Waals surface area (Å²) in [5.41, 5.74) is 0.820. The van der Waals surface area contributed by atoms with Gasteiger partial charge in [0, 0.05) is 5.56 Å². The second-order valence-corrected chi connectivity index (χ2v) is 3.44. The van der Waals surface area contributed by atoms with Crippen LogP contribution < -0.4 is 0 Å². The summed E-state index contributed by atoms with van der Waals surface area (Å²) in [5, 5.41) is 17.9. The van der Waals surface area contributed by atoms with E-state index in [2.05, 4.69) is 9.98 Å². The van der Waals surface area contributed by atoms with Gasteiger partial charge in [-0.3, -0.25) is 9.79 Å². The van der Waals surface area contributed by atoms with Crippen LogP contribution in [0.2, 0.25) is 0 Å². The Morgan fingerprint density at radius 2 is 2.11 bits per heavy atom. The Hall–Kier alpha value is -2.63. The van der Waals surface area contributed by atoms with E-state index in [1.807, 2.05) is 18.2 Å². The molecule has 0 spiro atoms. The van der Waals surface area contributed by atoms with Gasteiger partial charge in [-0.15, -0.1) is 0 Å². The minimum atomic E-state index is -1.06. The first-order valence-corrected chi connectivity index (χ1v) is 5.13. The first kappa shape index (κ1) is 11.8. The molecule has 0 unspecified atom stereocenters. The highest BCUT2D eigenvalue weighted by molar-refractivity contribution is 5.82. The van der Waals surface area contributed by atoms with Gasteiger partial charge in [0.15, 0.2) is 5.69 Å². The van der Waals surface area contributed by atoms with Gasteiger partial charge in [0.05, 0.1) is 6.21 Å². The maximum absolute atomic E-state index is 10.3. The van der Waals surface area contributed by atoms with E-state index < -0.39 is 5.97 Å². The third kappa shape index (κ3) is 2.73. The summed E-state index contributed by atoms with van der Waals surface area (Å²) in [6, 6.07) is 9.04. The number of nitrogens with zero attached hydrogens (tertiary/aromatic N) is 2. The van der Waals surface area contributed by atoms with Gasteiger partial charge in [0.25, 0.3) is 0 Å². The lowest BCUT2D eigenvalue weighted by atomic mass is 10.2. The van der Waals surface area contributed by atoms with E-state index in [1.165, 1.54) is 6.21 Å². The van der Waals surface area contributed by atoms with Crippen LogP contribution in [0, 0.1) is 0 Å². The van der Waals surface area contributed by atoms with Crippen LogP contribution in [0.1, 0.15) is 5.69 Å². The maximum atomic E-state index is 10.3. The molecule has 0 aliphatic rings. The monoisotopic (exact) mass is 246 g/mol. The predicted octanol–water partition coefficient (Wildman–Crippen LogP) is 1.55. The molecule has 6 heteroatoms. The molecule has 0 aliphatic carbocycles. The fourth-order valence-corrected chi connectivity index (χ4v) is 1.32. The molecule has 6 nitrogen and oxygen atoms in total. The highest BCUT2D eigenvalue weighted by Crippen LogP contribution is 2.24. The lowest BCUT2D eigenvalue weighted by molar-refractivity contribution is -0.135. The zero-order chi connectivity index (χ0) is 13.0. The minimum Gasteiger partial charge on any atom is -0.480 e. The molecule has 0 bridgehead atoms. The molecule has 2 aromatic rings. The summed E-state index contributed by atoms with van der Waals surface area (Å²) >= 11 is 0.